The Bertz CT molecular complexity index is 931. The second-order valence-electron chi connectivity index (χ2n) is 7.25. The molecule has 0 aliphatic carbocycles. The van der Waals surface area contributed by atoms with Crippen molar-refractivity contribution in [2.24, 2.45) is 5.92 Å². The largest absolute Gasteiger partial charge is 0.480 e. The Labute approximate surface area is 168 Å². The molecule has 2 heterocycles. The van der Waals surface area contributed by atoms with E-state index in [4.69, 9.17) is 14.6 Å². The van der Waals surface area contributed by atoms with Gasteiger partial charge >= 0.3 is 11.9 Å². The van der Waals surface area contributed by atoms with Crippen molar-refractivity contribution in [2.75, 3.05) is 33.9 Å². The molecule has 29 heavy (non-hydrogen) atoms. The van der Waals surface area contributed by atoms with Gasteiger partial charge in [0.15, 0.2) is 5.82 Å². The molecule has 1 aromatic heterocycles. The molecule has 1 aliphatic rings. The first-order valence-corrected chi connectivity index (χ1v) is 9.41. The summed E-state index contributed by atoms with van der Waals surface area (Å²) in [6.07, 6.45) is 1.05. The SMILES string of the molecule is COC(=O)C(C)(OC)n1c(C(=O)C2CCN(CC(=O)O)CC2)nc2ccccc21. The molecule has 3 rings (SSSR count). The van der Waals surface area contributed by atoms with Gasteiger partial charge < -0.3 is 14.6 Å². The van der Waals surface area contributed by atoms with Crippen LogP contribution in [0.2, 0.25) is 0 Å². The molecule has 0 radical (unpaired) electrons. The van der Waals surface area contributed by atoms with Crippen molar-refractivity contribution in [3.05, 3.63) is 30.1 Å². The maximum atomic E-state index is 13.4. The zero-order valence-electron chi connectivity index (χ0n) is 16.8. The van der Waals surface area contributed by atoms with Crippen LogP contribution in [-0.4, -0.2) is 71.1 Å². The summed E-state index contributed by atoms with van der Waals surface area (Å²) >= 11 is 0. The van der Waals surface area contributed by atoms with Crippen molar-refractivity contribution < 1.29 is 29.0 Å². The number of fused-ring (bicyclic) bond motifs is 1. The van der Waals surface area contributed by atoms with Gasteiger partial charge in [0.25, 0.3) is 0 Å². The molecule has 1 atom stereocenters. The molecule has 1 aromatic carbocycles. The van der Waals surface area contributed by atoms with Crippen LogP contribution in [-0.2, 0) is 24.8 Å². The minimum atomic E-state index is -1.56. The van der Waals surface area contributed by atoms with E-state index in [1.807, 2.05) is 4.90 Å². The predicted molar refractivity (Wildman–Crippen MR) is 104 cm³/mol. The molecule has 0 spiro atoms. The van der Waals surface area contributed by atoms with Crippen molar-refractivity contribution in [3.63, 3.8) is 0 Å². The Morgan fingerprint density at radius 1 is 1.21 bits per heavy atom. The van der Waals surface area contributed by atoms with E-state index in [9.17, 15) is 14.4 Å². The Balaban J connectivity index is 1.98. The van der Waals surface area contributed by atoms with Crippen LogP contribution in [0.15, 0.2) is 24.3 Å². The summed E-state index contributed by atoms with van der Waals surface area (Å²) in [4.78, 5) is 43.1. The number of Topliss-reactive ketones (excluding diaryl/α,β-unsaturated/α-hetero) is 1. The average Bonchev–Trinajstić information content (AvgIpc) is 3.12. The van der Waals surface area contributed by atoms with E-state index >= 15 is 0 Å². The number of carbonyl (C=O) groups is 3. The average molecular weight is 403 g/mol. The van der Waals surface area contributed by atoms with Crippen molar-refractivity contribution in [1.82, 2.24) is 14.5 Å². The molecule has 0 amide bonds. The fourth-order valence-electron chi connectivity index (χ4n) is 3.81. The molecule has 9 nitrogen and oxygen atoms in total. The maximum Gasteiger partial charge on any atom is 0.359 e. The number of carbonyl (C=O) groups excluding carboxylic acids is 2. The molecule has 1 unspecified atom stereocenters. The molecule has 1 saturated heterocycles. The number of nitrogens with zero attached hydrogens (tertiary/aromatic N) is 3. The summed E-state index contributed by atoms with van der Waals surface area (Å²) in [6.45, 7) is 2.53. The minimum Gasteiger partial charge on any atom is -0.480 e. The molecule has 1 N–H and O–H groups in total. The number of benzene rings is 1. The summed E-state index contributed by atoms with van der Waals surface area (Å²) in [7, 11) is 2.64. The number of imidazole rings is 1. The maximum absolute atomic E-state index is 13.4. The third-order valence-electron chi connectivity index (χ3n) is 5.49. The number of hydrogen-bond acceptors (Lipinski definition) is 7. The summed E-state index contributed by atoms with van der Waals surface area (Å²) in [5.74, 6) is -1.89. The van der Waals surface area contributed by atoms with Crippen LogP contribution in [0.25, 0.3) is 11.0 Å². The van der Waals surface area contributed by atoms with Crippen LogP contribution < -0.4 is 0 Å². The Hall–Kier alpha value is -2.78. The van der Waals surface area contributed by atoms with Gasteiger partial charge in [-0.25, -0.2) is 9.78 Å². The minimum absolute atomic E-state index is 0.0382. The summed E-state index contributed by atoms with van der Waals surface area (Å²) in [6, 6.07) is 7.15. The zero-order valence-corrected chi connectivity index (χ0v) is 16.8. The van der Waals surface area contributed by atoms with Gasteiger partial charge in [-0.2, -0.15) is 0 Å². The second-order valence-corrected chi connectivity index (χ2v) is 7.25. The number of rotatable bonds is 7. The van der Waals surface area contributed by atoms with Crippen molar-refractivity contribution in [1.29, 1.82) is 0 Å². The van der Waals surface area contributed by atoms with Gasteiger partial charge in [0.1, 0.15) is 0 Å². The fraction of sp³-hybridized carbons (Fsp3) is 0.500. The first-order valence-electron chi connectivity index (χ1n) is 9.41. The van der Waals surface area contributed by atoms with Crippen molar-refractivity contribution in [3.8, 4) is 0 Å². The number of carboxylic acid groups (broad SMARTS) is 1. The third kappa shape index (κ3) is 3.88. The molecule has 0 saturated carbocycles. The molecule has 0 bridgehead atoms. The highest BCUT2D eigenvalue weighted by atomic mass is 16.6. The van der Waals surface area contributed by atoms with Crippen LogP contribution >= 0.6 is 0 Å². The van der Waals surface area contributed by atoms with Gasteiger partial charge in [0.2, 0.25) is 11.5 Å². The molecule has 9 heteroatoms. The van der Waals surface area contributed by atoms with Gasteiger partial charge in [-0.3, -0.25) is 19.1 Å². The number of ketones is 1. The van der Waals surface area contributed by atoms with Gasteiger partial charge in [-0.1, -0.05) is 12.1 Å². The fourth-order valence-corrected chi connectivity index (χ4v) is 3.81. The number of ether oxygens (including phenoxy) is 2. The van der Waals surface area contributed by atoms with E-state index in [1.54, 1.807) is 31.2 Å². The topological polar surface area (TPSA) is 111 Å². The van der Waals surface area contributed by atoms with Crippen LogP contribution in [0, 0.1) is 5.92 Å². The first-order chi connectivity index (χ1) is 13.8. The smallest absolute Gasteiger partial charge is 0.359 e. The van der Waals surface area contributed by atoms with Crippen LogP contribution in [0.1, 0.15) is 30.4 Å². The van der Waals surface area contributed by atoms with E-state index < -0.39 is 17.7 Å². The van der Waals surface area contributed by atoms with Gasteiger partial charge in [0, 0.05) is 13.0 Å². The monoisotopic (exact) mass is 403 g/mol. The number of carboxylic acids is 1. The van der Waals surface area contributed by atoms with Gasteiger partial charge in [-0.15, -0.1) is 0 Å². The van der Waals surface area contributed by atoms with E-state index in [0.29, 0.717) is 37.0 Å². The summed E-state index contributed by atoms with van der Waals surface area (Å²) in [5, 5.41) is 8.95. The number of methoxy groups -OCH3 is 2. The normalized spacial score (nSPS) is 17.8. The van der Waals surface area contributed by atoms with Gasteiger partial charge in [-0.05, 0) is 45.0 Å². The van der Waals surface area contributed by atoms with Gasteiger partial charge in [0.05, 0.1) is 24.7 Å². The third-order valence-corrected chi connectivity index (χ3v) is 5.49. The lowest BCUT2D eigenvalue weighted by Crippen LogP contribution is -2.44. The number of hydrogen-bond donors (Lipinski definition) is 1. The van der Waals surface area contributed by atoms with Crippen molar-refractivity contribution >= 4 is 28.8 Å². The predicted octanol–water partition coefficient (Wildman–Crippen LogP) is 1.51. The zero-order chi connectivity index (χ0) is 21.2. The summed E-state index contributed by atoms with van der Waals surface area (Å²) < 4.78 is 11.9. The Kier molecular flexibility index (Phi) is 5.99. The van der Waals surface area contributed by atoms with Crippen LogP contribution in [0.4, 0.5) is 0 Å². The number of likely N-dealkylation sites (tertiary alicyclic amines) is 1. The number of aliphatic carboxylic acids is 1. The van der Waals surface area contributed by atoms with Crippen molar-refractivity contribution in [2.45, 2.75) is 25.5 Å². The van der Waals surface area contributed by atoms with E-state index in [1.165, 1.54) is 18.8 Å². The quantitative estimate of drug-likeness (QED) is 0.547. The Morgan fingerprint density at radius 2 is 1.86 bits per heavy atom. The van der Waals surface area contributed by atoms with E-state index in [0.717, 1.165) is 0 Å². The molecule has 1 aliphatic heterocycles. The molecule has 2 aromatic rings. The lowest BCUT2D eigenvalue weighted by molar-refractivity contribution is -0.176. The molecule has 1 fully saturated rings. The number of piperidine rings is 1. The molecular formula is C20H25N3O6. The standard InChI is InChI=1S/C20H25N3O6/c1-20(29-3,19(27)28-2)23-15-7-5-4-6-14(15)21-18(23)17(26)13-8-10-22(11-9-13)12-16(24)25/h4-7,13H,8-12H2,1-3H3,(H,24,25). The van der Waals surface area contributed by atoms with Crippen LogP contribution in [0.5, 0.6) is 0 Å². The highest BCUT2D eigenvalue weighted by molar-refractivity contribution is 5.99. The lowest BCUT2D eigenvalue weighted by atomic mass is 9.92. The highest BCUT2D eigenvalue weighted by Gasteiger charge is 2.42. The van der Waals surface area contributed by atoms with Crippen LogP contribution in [0.3, 0.4) is 0 Å². The molecular weight excluding hydrogens is 378 g/mol. The number of para-hydroxylation sites is 2. The lowest BCUT2D eigenvalue weighted by Gasteiger charge is -2.32. The Morgan fingerprint density at radius 3 is 2.45 bits per heavy atom. The first kappa shape index (κ1) is 20.9. The van der Waals surface area contributed by atoms with E-state index in [-0.39, 0.29) is 24.1 Å². The number of aromatic nitrogens is 2. The molecule has 156 valence electrons. The number of esters is 1. The second kappa shape index (κ2) is 8.30. The highest BCUT2D eigenvalue weighted by Crippen LogP contribution is 2.30. The summed E-state index contributed by atoms with van der Waals surface area (Å²) in [5.41, 5.74) is -0.389. The van der Waals surface area contributed by atoms with E-state index in [2.05, 4.69) is 4.98 Å².